The second-order valence-corrected chi connectivity index (χ2v) is 9.58. The Morgan fingerprint density at radius 2 is 1.84 bits per heavy atom. The summed E-state index contributed by atoms with van der Waals surface area (Å²) in [5.41, 5.74) is 0.741. The fourth-order valence-electron chi connectivity index (χ4n) is 5.76. The molecule has 4 heterocycles. The van der Waals surface area contributed by atoms with Crippen LogP contribution < -0.4 is 15.5 Å². The number of hydrogen-bond acceptors (Lipinski definition) is 6. The molecule has 2 unspecified atom stereocenters. The van der Waals surface area contributed by atoms with Crippen molar-refractivity contribution in [3.63, 3.8) is 0 Å². The number of piperidine rings is 2. The number of benzene rings is 1. The highest BCUT2D eigenvalue weighted by molar-refractivity contribution is 6.05. The summed E-state index contributed by atoms with van der Waals surface area (Å²) in [5, 5.41) is 6.58. The van der Waals surface area contributed by atoms with Crippen LogP contribution in [0.2, 0.25) is 0 Å². The van der Waals surface area contributed by atoms with Gasteiger partial charge in [0.15, 0.2) is 11.4 Å². The molecule has 2 aromatic rings. The van der Waals surface area contributed by atoms with Crippen molar-refractivity contribution >= 4 is 35.4 Å². The molecule has 0 radical (unpaired) electrons. The minimum atomic E-state index is -0.491. The molecule has 176 valence electrons. The molecule has 2 bridgehead atoms. The Bertz CT molecular complexity index is 961. The SMILES string of the molecule is C[C@H]1CNC[C@H](C)N1c1nc2c(C(=O)NC3CC4CCCC(C3)N4C)ccc(F)c2o1.Cl. The monoisotopic (exact) mass is 465 g/mol. The Morgan fingerprint density at radius 3 is 2.50 bits per heavy atom. The molecule has 3 aliphatic rings. The first kappa shape index (κ1) is 23.3. The molecule has 0 saturated carbocycles. The summed E-state index contributed by atoms with van der Waals surface area (Å²) in [7, 11) is 2.20. The molecular formula is C23H33ClFN5O2. The quantitative estimate of drug-likeness (QED) is 0.724. The van der Waals surface area contributed by atoms with Crippen molar-refractivity contribution in [2.24, 2.45) is 0 Å². The van der Waals surface area contributed by atoms with Crippen LogP contribution in [0.15, 0.2) is 16.5 Å². The lowest BCUT2D eigenvalue weighted by atomic mass is 9.82. The van der Waals surface area contributed by atoms with Gasteiger partial charge in [-0.3, -0.25) is 4.79 Å². The Kier molecular flexibility index (Phi) is 6.66. The molecule has 1 aromatic heterocycles. The Hall–Kier alpha value is -1.90. The molecule has 9 heteroatoms. The largest absolute Gasteiger partial charge is 0.420 e. The minimum absolute atomic E-state index is 0. The van der Waals surface area contributed by atoms with Gasteiger partial charge >= 0.3 is 0 Å². The van der Waals surface area contributed by atoms with Gasteiger partial charge in [0.2, 0.25) is 0 Å². The fourth-order valence-corrected chi connectivity index (χ4v) is 5.76. The number of anilines is 1. The van der Waals surface area contributed by atoms with Crippen molar-refractivity contribution < 1.29 is 13.6 Å². The number of oxazole rings is 1. The maximum absolute atomic E-state index is 14.6. The molecule has 5 rings (SSSR count). The first-order chi connectivity index (χ1) is 14.9. The van der Waals surface area contributed by atoms with E-state index < -0.39 is 5.82 Å². The van der Waals surface area contributed by atoms with Crippen LogP contribution in [0, 0.1) is 5.82 Å². The van der Waals surface area contributed by atoms with E-state index in [-0.39, 0.29) is 42.0 Å². The average molecular weight is 466 g/mol. The van der Waals surface area contributed by atoms with E-state index in [1.54, 1.807) is 0 Å². The lowest BCUT2D eigenvalue weighted by Gasteiger charge is -2.47. The maximum Gasteiger partial charge on any atom is 0.299 e. The average Bonchev–Trinajstić information content (AvgIpc) is 3.14. The number of rotatable bonds is 3. The second-order valence-electron chi connectivity index (χ2n) is 9.58. The topological polar surface area (TPSA) is 73.6 Å². The first-order valence-electron chi connectivity index (χ1n) is 11.5. The van der Waals surface area contributed by atoms with Crippen LogP contribution in [0.4, 0.5) is 10.4 Å². The van der Waals surface area contributed by atoms with Gasteiger partial charge in [0.05, 0.1) is 5.56 Å². The summed E-state index contributed by atoms with van der Waals surface area (Å²) >= 11 is 0. The molecule has 3 saturated heterocycles. The number of fused-ring (bicyclic) bond motifs is 3. The molecule has 3 fully saturated rings. The van der Waals surface area contributed by atoms with Gasteiger partial charge in [-0.15, -0.1) is 12.4 Å². The summed E-state index contributed by atoms with van der Waals surface area (Å²) in [6.07, 6.45) is 5.57. The predicted octanol–water partition coefficient (Wildman–Crippen LogP) is 3.32. The van der Waals surface area contributed by atoms with E-state index in [9.17, 15) is 9.18 Å². The maximum atomic E-state index is 14.6. The fraction of sp³-hybridized carbons (Fsp3) is 0.652. The molecule has 7 nitrogen and oxygen atoms in total. The lowest BCUT2D eigenvalue weighted by Crippen LogP contribution is -2.55. The van der Waals surface area contributed by atoms with Gasteiger partial charge in [-0.1, -0.05) is 6.42 Å². The van der Waals surface area contributed by atoms with Crippen molar-refractivity contribution in [1.29, 1.82) is 0 Å². The second kappa shape index (κ2) is 9.15. The van der Waals surface area contributed by atoms with Gasteiger partial charge in [0.25, 0.3) is 11.9 Å². The first-order valence-corrected chi connectivity index (χ1v) is 11.5. The molecule has 4 atom stereocenters. The number of carbonyl (C=O) groups excluding carboxylic acids is 1. The van der Waals surface area contributed by atoms with Crippen molar-refractivity contribution in [3.8, 4) is 0 Å². The zero-order valence-corrected chi connectivity index (χ0v) is 19.8. The Morgan fingerprint density at radius 1 is 1.19 bits per heavy atom. The number of piperazine rings is 1. The smallest absolute Gasteiger partial charge is 0.299 e. The van der Waals surface area contributed by atoms with Gasteiger partial charge < -0.3 is 24.9 Å². The predicted molar refractivity (Wildman–Crippen MR) is 125 cm³/mol. The van der Waals surface area contributed by atoms with Crippen LogP contribution in [0.5, 0.6) is 0 Å². The summed E-state index contributed by atoms with van der Waals surface area (Å²) in [6, 6.07) is 4.73. The number of halogens is 2. The molecule has 2 N–H and O–H groups in total. The molecule has 1 aromatic carbocycles. The van der Waals surface area contributed by atoms with Gasteiger partial charge in [0, 0.05) is 43.3 Å². The number of nitrogens with one attached hydrogen (secondary N) is 2. The summed E-state index contributed by atoms with van der Waals surface area (Å²) in [6.45, 7) is 5.77. The molecule has 0 spiro atoms. The van der Waals surface area contributed by atoms with Crippen LogP contribution in [0.3, 0.4) is 0 Å². The van der Waals surface area contributed by atoms with Gasteiger partial charge in [0.1, 0.15) is 5.52 Å². The number of hydrogen-bond donors (Lipinski definition) is 2. The number of nitrogens with zero attached hydrogens (tertiary/aromatic N) is 3. The van der Waals surface area contributed by atoms with E-state index >= 15 is 0 Å². The van der Waals surface area contributed by atoms with E-state index in [1.165, 1.54) is 31.4 Å². The molecule has 32 heavy (non-hydrogen) atoms. The zero-order chi connectivity index (χ0) is 21.7. The van der Waals surface area contributed by atoms with Gasteiger partial charge in [-0.05, 0) is 58.7 Å². The van der Waals surface area contributed by atoms with Gasteiger partial charge in [-0.25, -0.2) is 4.39 Å². The number of carbonyl (C=O) groups is 1. The van der Waals surface area contributed by atoms with Crippen molar-refractivity contribution in [1.82, 2.24) is 20.5 Å². The Balaban J connectivity index is 0.00000245. The van der Waals surface area contributed by atoms with Crippen LogP contribution in [0.1, 0.15) is 56.3 Å². The third-order valence-electron chi connectivity index (χ3n) is 7.45. The Labute approximate surface area is 194 Å². The van der Waals surface area contributed by atoms with Crippen molar-refractivity contribution in [2.75, 3.05) is 25.0 Å². The summed E-state index contributed by atoms with van der Waals surface area (Å²) < 4.78 is 20.4. The van der Waals surface area contributed by atoms with E-state index in [0.29, 0.717) is 29.2 Å². The molecule has 3 aliphatic heterocycles. The van der Waals surface area contributed by atoms with Crippen LogP contribution >= 0.6 is 12.4 Å². The highest BCUT2D eigenvalue weighted by Crippen LogP contribution is 2.33. The third kappa shape index (κ3) is 4.08. The van der Waals surface area contributed by atoms with Gasteiger partial charge in [-0.2, -0.15) is 4.98 Å². The van der Waals surface area contributed by atoms with Crippen molar-refractivity contribution in [3.05, 3.63) is 23.5 Å². The highest BCUT2D eigenvalue weighted by atomic mass is 35.5. The standard InChI is InChI=1S/C23H32FN5O2.ClH/c1-13-11-25-12-14(2)29(13)23-27-20-18(7-8-19(24)21(20)31-23)22(30)26-15-9-16-5-4-6-17(10-15)28(16)3;/h7-8,13-17,25H,4-6,9-12H2,1-3H3,(H,26,30);1H/t13-,14-,15?,16?,17?;/m0./s1. The van der Waals surface area contributed by atoms with E-state index in [2.05, 4.69) is 46.3 Å². The van der Waals surface area contributed by atoms with E-state index in [0.717, 1.165) is 25.9 Å². The van der Waals surface area contributed by atoms with Crippen LogP contribution in [-0.4, -0.2) is 66.1 Å². The molecule has 1 amide bonds. The van der Waals surface area contributed by atoms with Crippen LogP contribution in [-0.2, 0) is 0 Å². The van der Waals surface area contributed by atoms with E-state index in [4.69, 9.17) is 4.42 Å². The third-order valence-corrected chi connectivity index (χ3v) is 7.45. The summed E-state index contributed by atoms with van der Waals surface area (Å²) in [4.78, 5) is 22.3. The zero-order valence-electron chi connectivity index (χ0n) is 18.9. The minimum Gasteiger partial charge on any atom is -0.420 e. The normalized spacial score (nSPS) is 30.8. The molecule has 0 aliphatic carbocycles. The number of amides is 1. The lowest BCUT2D eigenvalue weighted by molar-refractivity contribution is 0.0463. The molecular weight excluding hydrogens is 433 g/mol. The van der Waals surface area contributed by atoms with Crippen LogP contribution in [0.25, 0.3) is 11.1 Å². The van der Waals surface area contributed by atoms with E-state index in [1.807, 2.05) is 0 Å². The summed E-state index contributed by atoms with van der Waals surface area (Å²) in [5.74, 6) is -0.687. The van der Waals surface area contributed by atoms with Crippen molar-refractivity contribution in [2.45, 2.75) is 76.2 Å². The highest BCUT2D eigenvalue weighted by Gasteiger charge is 2.37. The number of aromatic nitrogens is 1.